The van der Waals surface area contributed by atoms with E-state index < -0.39 is 0 Å². The Bertz CT molecular complexity index is 585. The fraction of sp³-hybridized carbons (Fsp3) is 0.864. The molecule has 0 unspecified atom stereocenters. The fourth-order valence-corrected chi connectivity index (χ4v) is 4.65. The Labute approximate surface area is 205 Å². The minimum atomic E-state index is -0.330. The van der Waals surface area contributed by atoms with Gasteiger partial charge >= 0.3 is 0 Å². The molecule has 8 nitrogen and oxygen atoms in total. The summed E-state index contributed by atoms with van der Waals surface area (Å²) in [7, 11) is 3.68. The van der Waals surface area contributed by atoms with Crippen LogP contribution >= 0.6 is 24.0 Å². The highest BCUT2D eigenvalue weighted by molar-refractivity contribution is 14.0. The van der Waals surface area contributed by atoms with E-state index in [1.165, 1.54) is 0 Å². The summed E-state index contributed by atoms with van der Waals surface area (Å²) in [6.07, 6.45) is 8.01. The minimum absolute atomic E-state index is 0. The number of primary amides is 1. The number of aliphatic imine (C=N–C) groups is 1. The first kappa shape index (κ1) is 27.9. The Kier molecular flexibility index (Phi) is 12.7. The highest BCUT2D eigenvalue weighted by Crippen LogP contribution is 2.39. The van der Waals surface area contributed by atoms with Crippen LogP contribution in [0.15, 0.2) is 4.99 Å². The summed E-state index contributed by atoms with van der Waals surface area (Å²) in [4.78, 5) is 32.9. The summed E-state index contributed by atoms with van der Waals surface area (Å²) in [5.41, 5.74) is 5.07. The molecule has 0 aromatic rings. The van der Waals surface area contributed by atoms with E-state index in [1.807, 2.05) is 14.1 Å². The average Bonchev–Trinajstić information content (AvgIpc) is 3.21. The number of carbonyl (C=O) groups is 2. The van der Waals surface area contributed by atoms with E-state index in [2.05, 4.69) is 22.5 Å². The van der Waals surface area contributed by atoms with Crippen molar-refractivity contribution in [3.8, 4) is 0 Å². The fourth-order valence-electron chi connectivity index (χ4n) is 4.65. The van der Waals surface area contributed by atoms with Crippen molar-refractivity contribution in [3.05, 3.63) is 0 Å². The molecule has 9 heteroatoms. The smallest absolute Gasteiger partial charge is 0.230 e. The molecule has 1 aliphatic heterocycles. The number of hydrogen-bond acceptors (Lipinski definition) is 4. The van der Waals surface area contributed by atoms with E-state index in [4.69, 9.17) is 10.7 Å². The molecule has 2 rings (SSSR count). The molecule has 0 bridgehead atoms. The number of likely N-dealkylation sites (tertiary alicyclic amines) is 1. The van der Waals surface area contributed by atoms with Gasteiger partial charge in [0.2, 0.25) is 11.8 Å². The summed E-state index contributed by atoms with van der Waals surface area (Å²) < 4.78 is 0. The van der Waals surface area contributed by atoms with Crippen LogP contribution in [0.4, 0.5) is 0 Å². The van der Waals surface area contributed by atoms with Crippen LogP contribution in [0, 0.1) is 11.3 Å². The number of piperidine rings is 1. The second-order valence-electron chi connectivity index (χ2n) is 9.03. The van der Waals surface area contributed by atoms with Gasteiger partial charge in [0.25, 0.3) is 0 Å². The van der Waals surface area contributed by atoms with Crippen molar-refractivity contribution < 1.29 is 9.59 Å². The number of carbonyl (C=O) groups excluding carboxylic acids is 2. The average molecular weight is 551 g/mol. The van der Waals surface area contributed by atoms with Crippen LogP contribution in [0.1, 0.15) is 58.3 Å². The topological polar surface area (TPSA) is 103 Å². The summed E-state index contributed by atoms with van der Waals surface area (Å²) in [5, 5.41) is 6.73. The third kappa shape index (κ3) is 8.75. The van der Waals surface area contributed by atoms with E-state index in [0.29, 0.717) is 6.54 Å². The minimum Gasteiger partial charge on any atom is -0.369 e. The molecule has 0 spiro atoms. The second-order valence-corrected chi connectivity index (χ2v) is 9.03. The Hall–Kier alpha value is -1.10. The van der Waals surface area contributed by atoms with Crippen molar-refractivity contribution in [2.75, 3.05) is 53.4 Å². The number of amides is 2. The lowest BCUT2D eigenvalue weighted by atomic mass is 9.85. The molecule has 1 saturated heterocycles. The van der Waals surface area contributed by atoms with Crippen molar-refractivity contribution in [1.82, 2.24) is 20.4 Å². The first-order valence-corrected chi connectivity index (χ1v) is 11.6. The van der Waals surface area contributed by atoms with Crippen molar-refractivity contribution in [1.29, 1.82) is 0 Å². The highest BCUT2D eigenvalue weighted by atomic mass is 127. The normalized spacial score (nSPS) is 19.5. The molecular weight excluding hydrogens is 507 g/mol. The van der Waals surface area contributed by atoms with E-state index in [1.54, 1.807) is 4.90 Å². The molecule has 180 valence electrons. The molecule has 0 aromatic heterocycles. The van der Waals surface area contributed by atoms with Crippen LogP contribution in [0.2, 0.25) is 0 Å². The van der Waals surface area contributed by atoms with E-state index in [-0.39, 0.29) is 47.1 Å². The van der Waals surface area contributed by atoms with Gasteiger partial charge in [0.1, 0.15) is 0 Å². The number of rotatable bonds is 10. The maximum Gasteiger partial charge on any atom is 0.230 e. The van der Waals surface area contributed by atoms with Gasteiger partial charge in [-0.15, -0.1) is 24.0 Å². The van der Waals surface area contributed by atoms with Crippen LogP contribution in [-0.2, 0) is 9.59 Å². The Morgan fingerprint density at radius 1 is 1.13 bits per heavy atom. The number of nitrogens with one attached hydrogen (secondary N) is 2. The lowest BCUT2D eigenvalue weighted by molar-refractivity contribution is -0.138. The lowest BCUT2D eigenvalue weighted by Gasteiger charge is -2.30. The number of hydrogen-bond donors (Lipinski definition) is 3. The predicted molar refractivity (Wildman–Crippen MR) is 137 cm³/mol. The molecule has 2 amide bonds. The first-order chi connectivity index (χ1) is 14.4. The summed E-state index contributed by atoms with van der Waals surface area (Å²) in [6.45, 7) is 7.26. The quantitative estimate of drug-likeness (QED) is 0.167. The van der Waals surface area contributed by atoms with Crippen molar-refractivity contribution in [2.45, 2.75) is 58.3 Å². The van der Waals surface area contributed by atoms with Gasteiger partial charge in [0, 0.05) is 33.1 Å². The van der Waals surface area contributed by atoms with Crippen molar-refractivity contribution in [2.24, 2.45) is 22.1 Å². The van der Waals surface area contributed by atoms with Crippen LogP contribution in [0.25, 0.3) is 0 Å². The maximum absolute atomic E-state index is 12.7. The van der Waals surface area contributed by atoms with Gasteiger partial charge in [-0.05, 0) is 65.1 Å². The van der Waals surface area contributed by atoms with Crippen LogP contribution in [-0.4, -0.2) is 80.9 Å². The second kappa shape index (κ2) is 14.1. The molecule has 1 heterocycles. The number of halogens is 1. The van der Waals surface area contributed by atoms with Crippen LogP contribution < -0.4 is 16.4 Å². The summed E-state index contributed by atoms with van der Waals surface area (Å²) in [5.74, 6) is 0.919. The molecule has 0 atom stereocenters. The first-order valence-electron chi connectivity index (χ1n) is 11.6. The van der Waals surface area contributed by atoms with Crippen molar-refractivity contribution >= 4 is 41.8 Å². The molecule has 0 aromatic carbocycles. The Balaban J connectivity index is 0.00000480. The summed E-state index contributed by atoms with van der Waals surface area (Å²) >= 11 is 0. The zero-order valence-electron chi connectivity index (χ0n) is 19.6. The molecule has 2 fully saturated rings. The van der Waals surface area contributed by atoms with Gasteiger partial charge in [-0.3, -0.25) is 14.6 Å². The van der Waals surface area contributed by atoms with Gasteiger partial charge in [0.15, 0.2) is 5.96 Å². The molecule has 1 saturated carbocycles. The maximum atomic E-state index is 12.7. The van der Waals surface area contributed by atoms with Gasteiger partial charge in [-0.25, -0.2) is 0 Å². The number of guanidine groups is 1. The number of nitrogens with two attached hydrogens (primary N) is 1. The monoisotopic (exact) mass is 550 g/mol. The van der Waals surface area contributed by atoms with Gasteiger partial charge in [-0.1, -0.05) is 12.8 Å². The van der Waals surface area contributed by atoms with Crippen LogP contribution in [0.5, 0.6) is 0 Å². The number of nitrogens with zero attached hydrogens (tertiary/aromatic N) is 3. The largest absolute Gasteiger partial charge is 0.369 e. The third-order valence-electron chi connectivity index (χ3n) is 6.49. The SMILES string of the molecule is CCNC(=NCC1(C(=O)N(C)C)CCCC1)NCCCCN1CCC(C(N)=O)CC1.I. The molecule has 1 aliphatic carbocycles. The highest BCUT2D eigenvalue weighted by Gasteiger charge is 2.42. The Morgan fingerprint density at radius 2 is 1.77 bits per heavy atom. The van der Waals surface area contributed by atoms with Gasteiger partial charge in [-0.2, -0.15) is 0 Å². The number of unbranched alkanes of at least 4 members (excludes halogenated alkanes) is 1. The molecule has 4 N–H and O–H groups in total. The standard InChI is InChI=1S/C22H42N6O2.HI/c1-4-24-21(26-17-22(11-5-6-12-22)20(30)27(2)3)25-13-7-8-14-28-15-9-18(10-16-28)19(23)29;/h18H,4-17H2,1-3H3,(H2,23,29)(H2,24,25,26);1H. The lowest BCUT2D eigenvalue weighted by Crippen LogP contribution is -2.43. The Morgan fingerprint density at radius 3 is 2.32 bits per heavy atom. The molecule has 2 aliphatic rings. The van der Waals surface area contributed by atoms with Crippen molar-refractivity contribution in [3.63, 3.8) is 0 Å². The molecular formula is C22H43IN6O2. The summed E-state index contributed by atoms with van der Waals surface area (Å²) in [6, 6.07) is 0. The predicted octanol–water partition coefficient (Wildman–Crippen LogP) is 1.79. The van der Waals surface area contributed by atoms with E-state index in [0.717, 1.165) is 90.0 Å². The molecule has 0 radical (unpaired) electrons. The van der Waals surface area contributed by atoms with Crippen LogP contribution in [0.3, 0.4) is 0 Å². The zero-order chi connectivity index (χ0) is 22.0. The third-order valence-corrected chi connectivity index (χ3v) is 6.49. The van der Waals surface area contributed by atoms with E-state index in [9.17, 15) is 9.59 Å². The van der Waals surface area contributed by atoms with Gasteiger partial charge in [0.05, 0.1) is 12.0 Å². The zero-order valence-corrected chi connectivity index (χ0v) is 22.0. The molecule has 31 heavy (non-hydrogen) atoms. The van der Waals surface area contributed by atoms with Gasteiger partial charge < -0.3 is 26.2 Å². The van der Waals surface area contributed by atoms with E-state index >= 15 is 0 Å².